The van der Waals surface area contributed by atoms with Crippen molar-refractivity contribution in [2.24, 2.45) is 0 Å². The molecule has 2 N–H and O–H groups in total. The lowest BCUT2D eigenvalue weighted by Crippen LogP contribution is -2.34. The first kappa shape index (κ1) is 15.2. The Morgan fingerprint density at radius 3 is 2.19 bits per heavy atom. The Hall–Kier alpha value is -2.17. The summed E-state index contributed by atoms with van der Waals surface area (Å²) in [6.07, 6.45) is 0.902. The van der Waals surface area contributed by atoms with Gasteiger partial charge in [-0.2, -0.15) is 0 Å². The van der Waals surface area contributed by atoms with E-state index in [-0.39, 0.29) is 12.5 Å². The summed E-state index contributed by atoms with van der Waals surface area (Å²) in [5, 5.41) is 3.09. The molecule has 0 fully saturated rings. The smallest absolute Gasteiger partial charge is 0.257 e. The molecule has 0 aliphatic heterocycles. The van der Waals surface area contributed by atoms with Gasteiger partial charge in [0.2, 0.25) is 0 Å². The molecule has 21 heavy (non-hydrogen) atoms. The average Bonchev–Trinajstić information content (AvgIpc) is 2.54. The molecule has 2 aromatic rings. The van der Waals surface area contributed by atoms with Gasteiger partial charge < -0.3 is 5.32 Å². The lowest BCUT2D eigenvalue weighted by molar-refractivity contribution is -0.133. The van der Waals surface area contributed by atoms with E-state index in [2.05, 4.69) is 22.9 Å². The molecule has 0 bridgehead atoms. The monoisotopic (exact) mass is 284 g/mol. The fourth-order valence-electron chi connectivity index (χ4n) is 1.89. The average molecular weight is 284 g/mol. The quantitative estimate of drug-likeness (QED) is 0.576. The van der Waals surface area contributed by atoms with Crippen LogP contribution in [0.5, 0.6) is 0 Å². The fourth-order valence-corrected chi connectivity index (χ4v) is 1.89. The van der Waals surface area contributed by atoms with Gasteiger partial charge >= 0.3 is 0 Å². The highest BCUT2D eigenvalue weighted by molar-refractivity contribution is 5.76. The van der Waals surface area contributed by atoms with Crippen LogP contribution in [0.2, 0.25) is 0 Å². The van der Waals surface area contributed by atoms with Crippen molar-refractivity contribution in [2.45, 2.75) is 13.0 Å². The van der Waals surface area contributed by atoms with E-state index in [1.807, 2.05) is 48.5 Å². The summed E-state index contributed by atoms with van der Waals surface area (Å²) in [4.78, 5) is 16.7. The van der Waals surface area contributed by atoms with E-state index in [4.69, 9.17) is 4.84 Å². The molecule has 0 spiro atoms. The number of amides is 1. The van der Waals surface area contributed by atoms with E-state index in [0.717, 1.165) is 18.5 Å². The van der Waals surface area contributed by atoms with Crippen molar-refractivity contribution in [3.05, 3.63) is 71.8 Å². The topological polar surface area (TPSA) is 50.4 Å². The molecule has 0 heterocycles. The maximum atomic E-state index is 11.5. The second kappa shape index (κ2) is 8.89. The lowest BCUT2D eigenvalue weighted by atomic mass is 10.1. The van der Waals surface area contributed by atoms with Crippen LogP contribution >= 0.6 is 0 Å². The number of hydrogen-bond acceptors (Lipinski definition) is 3. The van der Waals surface area contributed by atoms with Crippen molar-refractivity contribution >= 4 is 5.91 Å². The first-order chi connectivity index (χ1) is 10.3. The SMILES string of the molecule is O=C(CNCCc1ccccc1)NOCc1ccccc1. The highest BCUT2D eigenvalue weighted by Crippen LogP contribution is 1.99. The molecule has 0 aromatic heterocycles. The van der Waals surface area contributed by atoms with Gasteiger partial charge in [-0.3, -0.25) is 9.63 Å². The van der Waals surface area contributed by atoms with Crippen molar-refractivity contribution < 1.29 is 9.63 Å². The lowest BCUT2D eigenvalue weighted by Gasteiger charge is -2.07. The van der Waals surface area contributed by atoms with Crippen LogP contribution in [0.15, 0.2) is 60.7 Å². The van der Waals surface area contributed by atoms with Crippen LogP contribution in [-0.2, 0) is 22.7 Å². The second-order valence-corrected chi connectivity index (χ2v) is 4.71. The molecule has 2 aromatic carbocycles. The van der Waals surface area contributed by atoms with Crippen LogP contribution in [0, 0.1) is 0 Å². The molecule has 0 atom stereocenters. The Labute approximate surface area is 125 Å². The van der Waals surface area contributed by atoms with Crippen molar-refractivity contribution in [2.75, 3.05) is 13.1 Å². The highest BCUT2D eigenvalue weighted by Gasteiger charge is 2.00. The van der Waals surface area contributed by atoms with Crippen molar-refractivity contribution in [3.8, 4) is 0 Å². The Bertz CT molecular complexity index is 529. The zero-order valence-corrected chi connectivity index (χ0v) is 11.9. The molecule has 0 unspecified atom stereocenters. The van der Waals surface area contributed by atoms with E-state index < -0.39 is 0 Å². The Morgan fingerprint density at radius 2 is 1.52 bits per heavy atom. The Kier molecular flexibility index (Phi) is 6.45. The van der Waals surface area contributed by atoms with Crippen LogP contribution < -0.4 is 10.8 Å². The van der Waals surface area contributed by atoms with E-state index in [0.29, 0.717) is 6.61 Å². The molecular formula is C17H20N2O2. The van der Waals surface area contributed by atoms with Gasteiger partial charge in [0.15, 0.2) is 0 Å². The number of carbonyl (C=O) groups is 1. The Balaban J connectivity index is 1.54. The number of hydrogen-bond donors (Lipinski definition) is 2. The van der Waals surface area contributed by atoms with Crippen LogP contribution in [-0.4, -0.2) is 19.0 Å². The number of nitrogens with one attached hydrogen (secondary N) is 2. The van der Waals surface area contributed by atoms with Crippen LogP contribution in [0.3, 0.4) is 0 Å². The molecule has 110 valence electrons. The Morgan fingerprint density at radius 1 is 0.905 bits per heavy atom. The summed E-state index contributed by atoms with van der Waals surface area (Å²) < 4.78 is 0. The summed E-state index contributed by atoms with van der Waals surface area (Å²) in [5.41, 5.74) is 4.71. The van der Waals surface area contributed by atoms with Gasteiger partial charge in [-0.15, -0.1) is 0 Å². The summed E-state index contributed by atoms with van der Waals surface area (Å²) in [5.74, 6) is -0.168. The minimum Gasteiger partial charge on any atom is -0.308 e. The molecular weight excluding hydrogens is 264 g/mol. The number of benzene rings is 2. The zero-order valence-electron chi connectivity index (χ0n) is 11.9. The van der Waals surface area contributed by atoms with E-state index in [1.54, 1.807) is 0 Å². The van der Waals surface area contributed by atoms with Gasteiger partial charge in [0, 0.05) is 0 Å². The van der Waals surface area contributed by atoms with Gasteiger partial charge in [-0.1, -0.05) is 60.7 Å². The van der Waals surface area contributed by atoms with E-state index in [9.17, 15) is 4.79 Å². The molecule has 0 aliphatic carbocycles. The van der Waals surface area contributed by atoms with Crippen LogP contribution in [0.25, 0.3) is 0 Å². The maximum absolute atomic E-state index is 11.5. The number of rotatable bonds is 8. The summed E-state index contributed by atoms with van der Waals surface area (Å²) in [6.45, 7) is 1.38. The van der Waals surface area contributed by atoms with Gasteiger partial charge in [-0.25, -0.2) is 5.48 Å². The summed E-state index contributed by atoms with van der Waals surface area (Å²) in [7, 11) is 0. The van der Waals surface area contributed by atoms with Gasteiger partial charge in [0.05, 0.1) is 13.2 Å². The highest BCUT2D eigenvalue weighted by atomic mass is 16.6. The standard InChI is InChI=1S/C17H20N2O2/c20-17(19-21-14-16-9-5-2-6-10-16)13-18-12-11-15-7-3-1-4-8-15/h1-10,18H,11-14H2,(H,19,20). The minimum absolute atomic E-state index is 0.168. The van der Waals surface area contributed by atoms with Crippen LogP contribution in [0.1, 0.15) is 11.1 Å². The molecule has 4 nitrogen and oxygen atoms in total. The molecule has 0 radical (unpaired) electrons. The predicted molar refractivity (Wildman–Crippen MR) is 82.4 cm³/mol. The molecule has 0 aliphatic rings. The van der Waals surface area contributed by atoms with Crippen molar-refractivity contribution in [3.63, 3.8) is 0 Å². The van der Waals surface area contributed by atoms with Gasteiger partial charge in [0.1, 0.15) is 0 Å². The largest absolute Gasteiger partial charge is 0.308 e. The molecule has 4 heteroatoms. The number of hydroxylamine groups is 1. The number of carbonyl (C=O) groups excluding carboxylic acids is 1. The summed E-state index contributed by atoms with van der Waals surface area (Å²) in [6, 6.07) is 19.9. The summed E-state index contributed by atoms with van der Waals surface area (Å²) >= 11 is 0. The third kappa shape index (κ3) is 6.21. The van der Waals surface area contributed by atoms with Gasteiger partial charge in [0.25, 0.3) is 5.91 Å². The van der Waals surface area contributed by atoms with Crippen LogP contribution in [0.4, 0.5) is 0 Å². The van der Waals surface area contributed by atoms with Gasteiger partial charge in [-0.05, 0) is 24.1 Å². The van der Waals surface area contributed by atoms with E-state index in [1.165, 1.54) is 5.56 Å². The zero-order chi connectivity index (χ0) is 14.8. The first-order valence-electron chi connectivity index (χ1n) is 7.04. The molecule has 2 rings (SSSR count). The second-order valence-electron chi connectivity index (χ2n) is 4.71. The molecule has 0 saturated carbocycles. The van der Waals surface area contributed by atoms with Crippen molar-refractivity contribution in [1.82, 2.24) is 10.8 Å². The fraction of sp³-hybridized carbons (Fsp3) is 0.235. The molecule has 1 amide bonds. The van der Waals surface area contributed by atoms with Crippen molar-refractivity contribution in [1.29, 1.82) is 0 Å². The maximum Gasteiger partial charge on any atom is 0.257 e. The van der Waals surface area contributed by atoms with E-state index >= 15 is 0 Å². The normalized spacial score (nSPS) is 10.3. The predicted octanol–water partition coefficient (Wildman–Crippen LogP) is 2.07. The minimum atomic E-state index is -0.168. The molecule has 0 saturated heterocycles. The third-order valence-corrected chi connectivity index (χ3v) is 2.99. The first-order valence-corrected chi connectivity index (χ1v) is 7.04. The third-order valence-electron chi connectivity index (χ3n) is 2.99.